The molecule has 0 aliphatic carbocycles. The molecule has 0 radical (unpaired) electrons. The van der Waals surface area contributed by atoms with Gasteiger partial charge in [-0.15, -0.1) is 11.3 Å². The molecule has 10 heteroatoms. The second kappa shape index (κ2) is 8.41. The maximum atomic E-state index is 12.6. The first-order valence-electron chi connectivity index (χ1n) is 7.85. The molecular formula is C17H17N3O6S. The van der Waals surface area contributed by atoms with E-state index in [2.05, 4.69) is 10.6 Å². The predicted molar refractivity (Wildman–Crippen MR) is 100 cm³/mol. The lowest BCUT2D eigenvalue weighted by Crippen LogP contribution is -2.13. The summed E-state index contributed by atoms with van der Waals surface area (Å²) in [4.78, 5) is 46.9. The first kappa shape index (κ1) is 20.0. The quantitative estimate of drug-likeness (QED) is 0.441. The number of ether oxygens (including phenoxy) is 1. The van der Waals surface area contributed by atoms with Crippen molar-refractivity contribution in [2.75, 3.05) is 17.7 Å². The summed E-state index contributed by atoms with van der Waals surface area (Å²) in [7, 11) is 1.20. The van der Waals surface area contributed by atoms with Gasteiger partial charge in [-0.2, -0.15) is 0 Å². The summed E-state index contributed by atoms with van der Waals surface area (Å²) >= 11 is 0.933. The van der Waals surface area contributed by atoms with Gasteiger partial charge in [0.2, 0.25) is 5.91 Å². The van der Waals surface area contributed by atoms with Crippen LogP contribution in [0.5, 0.6) is 0 Å². The summed E-state index contributed by atoms with van der Waals surface area (Å²) < 4.78 is 4.74. The number of rotatable bonds is 6. The molecule has 0 aliphatic rings. The Balaban J connectivity index is 2.38. The molecule has 0 saturated heterocycles. The van der Waals surface area contributed by atoms with Gasteiger partial charge >= 0.3 is 5.97 Å². The molecule has 9 nitrogen and oxygen atoms in total. The summed E-state index contributed by atoms with van der Waals surface area (Å²) in [5.41, 5.74) is 0.525. The first-order valence-corrected chi connectivity index (χ1v) is 8.67. The van der Waals surface area contributed by atoms with Crippen LogP contribution in [0.25, 0.3) is 0 Å². The zero-order valence-corrected chi connectivity index (χ0v) is 15.6. The number of nitro benzene ring substituents is 1. The van der Waals surface area contributed by atoms with Gasteiger partial charge in [-0.05, 0) is 18.6 Å². The van der Waals surface area contributed by atoms with Gasteiger partial charge in [-0.3, -0.25) is 19.7 Å². The number of amides is 2. The Morgan fingerprint density at radius 1 is 1.26 bits per heavy atom. The van der Waals surface area contributed by atoms with Crippen LogP contribution in [0, 0.1) is 17.0 Å². The van der Waals surface area contributed by atoms with E-state index in [4.69, 9.17) is 4.74 Å². The van der Waals surface area contributed by atoms with Crippen molar-refractivity contribution >= 4 is 45.5 Å². The maximum absolute atomic E-state index is 12.6. The molecule has 1 aromatic heterocycles. The highest BCUT2D eigenvalue weighted by Gasteiger charge is 2.26. The largest absolute Gasteiger partial charge is 0.465 e. The lowest BCUT2D eigenvalue weighted by molar-refractivity contribution is -0.384. The van der Waals surface area contributed by atoms with Crippen LogP contribution in [0.4, 0.5) is 16.4 Å². The SMILES string of the molecule is CCC(=O)Nc1sc(C(=O)Nc2cccc([N+](=O)[O-])c2)c(C)c1C(=O)OC. The lowest BCUT2D eigenvalue weighted by atomic mass is 10.1. The van der Waals surface area contributed by atoms with Crippen molar-refractivity contribution in [3.05, 3.63) is 50.4 Å². The summed E-state index contributed by atoms with van der Waals surface area (Å²) in [6.07, 6.45) is 0.201. The van der Waals surface area contributed by atoms with Crippen molar-refractivity contribution < 1.29 is 24.0 Å². The van der Waals surface area contributed by atoms with Gasteiger partial charge in [0, 0.05) is 24.2 Å². The Kier molecular flexibility index (Phi) is 6.24. The minimum Gasteiger partial charge on any atom is -0.465 e. The predicted octanol–water partition coefficient (Wildman–Crippen LogP) is 3.35. The third-order valence-corrected chi connectivity index (χ3v) is 4.84. The standard InChI is InChI=1S/C17H17N3O6S/c1-4-12(21)19-16-13(17(23)26-3)9(2)14(27-16)15(22)18-10-6-5-7-11(8-10)20(24)25/h5-8H,4H2,1-3H3,(H,18,22)(H,19,21). The number of nitrogens with one attached hydrogen (secondary N) is 2. The van der Waals surface area contributed by atoms with E-state index >= 15 is 0 Å². The number of anilines is 2. The van der Waals surface area contributed by atoms with Gasteiger partial charge in [0.05, 0.1) is 22.5 Å². The van der Waals surface area contributed by atoms with Crippen molar-refractivity contribution in [1.29, 1.82) is 0 Å². The summed E-state index contributed by atoms with van der Waals surface area (Å²) in [5.74, 6) is -1.54. The van der Waals surface area contributed by atoms with Gasteiger partial charge in [-0.25, -0.2) is 4.79 Å². The molecule has 0 spiro atoms. The van der Waals surface area contributed by atoms with Crippen LogP contribution in [-0.2, 0) is 9.53 Å². The fourth-order valence-corrected chi connectivity index (χ4v) is 3.37. The highest BCUT2D eigenvalue weighted by molar-refractivity contribution is 7.18. The third-order valence-electron chi connectivity index (χ3n) is 3.63. The normalized spacial score (nSPS) is 10.2. The topological polar surface area (TPSA) is 128 Å². The number of esters is 1. The molecule has 2 aromatic rings. The van der Waals surface area contributed by atoms with Crippen molar-refractivity contribution in [2.24, 2.45) is 0 Å². The lowest BCUT2D eigenvalue weighted by Gasteiger charge is -2.05. The zero-order chi connectivity index (χ0) is 20.1. The summed E-state index contributed by atoms with van der Waals surface area (Å²) in [5, 5.41) is 16.2. The Hall–Kier alpha value is -3.27. The molecule has 0 atom stereocenters. The van der Waals surface area contributed by atoms with E-state index in [9.17, 15) is 24.5 Å². The van der Waals surface area contributed by atoms with Crippen molar-refractivity contribution in [2.45, 2.75) is 20.3 Å². The molecular weight excluding hydrogens is 374 g/mol. The molecule has 1 heterocycles. The van der Waals surface area contributed by atoms with E-state index in [0.29, 0.717) is 5.56 Å². The molecule has 2 rings (SSSR count). The molecule has 0 aliphatic heterocycles. The van der Waals surface area contributed by atoms with Gasteiger partial charge in [0.1, 0.15) is 5.00 Å². The first-order chi connectivity index (χ1) is 12.8. The monoisotopic (exact) mass is 391 g/mol. The van der Waals surface area contributed by atoms with Crippen molar-refractivity contribution in [3.63, 3.8) is 0 Å². The molecule has 2 amide bonds. The van der Waals surface area contributed by atoms with E-state index in [1.165, 1.54) is 31.4 Å². The smallest absolute Gasteiger partial charge is 0.341 e. The Bertz CT molecular complexity index is 921. The number of carbonyl (C=O) groups is 3. The molecule has 0 fully saturated rings. The summed E-state index contributed by atoms with van der Waals surface area (Å²) in [6.45, 7) is 3.22. The van der Waals surface area contributed by atoms with Gasteiger partial charge in [0.25, 0.3) is 11.6 Å². The maximum Gasteiger partial charge on any atom is 0.341 e. The number of hydrogen-bond acceptors (Lipinski definition) is 7. The average molecular weight is 391 g/mol. The zero-order valence-electron chi connectivity index (χ0n) is 14.8. The van der Waals surface area contributed by atoms with Crippen LogP contribution in [0.2, 0.25) is 0 Å². The third kappa shape index (κ3) is 4.47. The van der Waals surface area contributed by atoms with Gasteiger partial charge in [-0.1, -0.05) is 13.0 Å². The minimum atomic E-state index is -0.676. The molecule has 142 valence electrons. The van der Waals surface area contributed by atoms with E-state index in [0.717, 1.165) is 11.3 Å². The van der Waals surface area contributed by atoms with Crippen LogP contribution >= 0.6 is 11.3 Å². The highest BCUT2D eigenvalue weighted by atomic mass is 32.1. The molecule has 2 N–H and O–H groups in total. The Labute approximate surface area is 158 Å². The van der Waals surface area contributed by atoms with E-state index in [1.54, 1.807) is 13.8 Å². The van der Waals surface area contributed by atoms with Crippen molar-refractivity contribution in [1.82, 2.24) is 0 Å². The van der Waals surface area contributed by atoms with Gasteiger partial charge < -0.3 is 15.4 Å². The Morgan fingerprint density at radius 2 is 1.96 bits per heavy atom. The fourth-order valence-electron chi connectivity index (χ4n) is 2.27. The summed E-state index contributed by atoms with van der Waals surface area (Å²) in [6, 6.07) is 5.48. The number of hydrogen-bond donors (Lipinski definition) is 2. The van der Waals surface area contributed by atoms with E-state index in [-0.39, 0.29) is 39.1 Å². The molecule has 0 bridgehead atoms. The number of nitrogens with zero attached hydrogens (tertiary/aromatic N) is 1. The van der Waals surface area contributed by atoms with Crippen LogP contribution in [-0.4, -0.2) is 29.8 Å². The number of thiophene rings is 1. The molecule has 27 heavy (non-hydrogen) atoms. The number of benzene rings is 1. The molecule has 0 unspecified atom stereocenters. The van der Waals surface area contributed by atoms with E-state index < -0.39 is 16.8 Å². The molecule has 0 saturated carbocycles. The van der Waals surface area contributed by atoms with Gasteiger partial charge in [0.15, 0.2) is 0 Å². The Morgan fingerprint density at radius 3 is 2.56 bits per heavy atom. The number of non-ortho nitro benzene ring substituents is 1. The second-order valence-corrected chi connectivity index (χ2v) is 6.44. The van der Waals surface area contributed by atoms with Crippen LogP contribution in [0.3, 0.4) is 0 Å². The molecule has 1 aromatic carbocycles. The van der Waals surface area contributed by atoms with Crippen LogP contribution in [0.1, 0.15) is 38.9 Å². The van der Waals surface area contributed by atoms with E-state index in [1.807, 2.05) is 0 Å². The average Bonchev–Trinajstić information content (AvgIpc) is 2.97. The number of carbonyl (C=O) groups excluding carboxylic acids is 3. The van der Waals surface area contributed by atoms with Crippen molar-refractivity contribution in [3.8, 4) is 0 Å². The van der Waals surface area contributed by atoms with Crippen LogP contribution < -0.4 is 10.6 Å². The van der Waals surface area contributed by atoms with Crippen LogP contribution in [0.15, 0.2) is 24.3 Å². The number of methoxy groups -OCH3 is 1. The second-order valence-electron chi connectivity index (χ2n) is 5.42. The highest BCUT2D eigenvalue weighted by Crippen LogP contribution is 2.34. The minimum absolute atomic E-state index is 0.105. The number of nitro groups is 1. The fraction of sp³-hybridized carbons (Fsp3) is 0.235.